The minimum Gasteiger partial charge on any atom is -0.493 e. The van der Waals surface area contributed by atoms with E-state index in [1.807, 2.05) is 30.3 Å². The summed E-state index contributed by atoms with van der Waals surface area (Å²) in [5, 5.41) is 0.778. The van der Waals surface area contributed by atoms with Crippen molar-refractivity contribution in [3.63, 3.8) is 0 Å². The Morgan fingerprint density at radius 1 is 1.10 bits per heavy atom. The summed E-state index contributed by atoms with van der Waals surface area (Å²) >= 11 is 3.42. The third-order valence-corrected chi connectivity index (χ3v) is 3.46. The van der Waals surface area contributed by atoms with Gasteiger partial charge in [-0.25, -0.2) is 4.98 Å². The van der Waals surface area contributed by atoms with Gasteiger partial charge in [0.1, 0.15) is 6.61 Å². The molecule has 1 aromatic heterocycles. The highest BCUT2D eigenvalue weighted by molar-refractivity contribution is 9.08. The fraction of sp³-hybridized carbons (Fsp3) is 0.267. The van der Waals surface area contributed by atoms with Crippen LogP contribution in [0.1, 0.15) is 11.1 Å². The molecular formula is C15H16BrNO3. The number of halogens is 1. The highest BCUT2D eigenvalue weighted by atomic mass is 79.9. The van der Waals surface area contributed by atoms with Crippen molar-refractivity contribution in [3.05, 3.63) is 47.7 Å². The molecule has 5 heteroatoms. The molecule has 20 heavy (non-hydrogen) atoms. The summed E-state index contributed by atoms with van der Waals surface area (Å²) in [6.07, 6.45) is 1.69. The SMILES string of the molecule is COc1cc(CBr)ccc1OCc1cccnc1OC. The summed E-state index contributed by atoms with van der Waals surface area (Å²) in [5.74, 6) is 1.98. The van der Waals surface area contributed by atoms with Crippen LogP contribution in [0.4, 0.5) is 0 Å². The van der Waals surface area contributed by atoms with Crippen LogP contribution in [0, 0.1) is 0 Å². The van der Waals surface area contributed by atoms with Gasteiger partial charge in [0.05, 0.1) is 19.8 Å². The fourth-order valence-corrected chi connectivity index (χ4v) is 2.14. The molecule has 0 N–H and O–H groups in total. The molecule has 0 saturated heterocycles. The van der Waals surface area contributed by atoms with Gasteiger partial charge in [-0.1, -0.05) is 22.0 Å². The molecule has 0 amide bonds. The van der Waals surface area contributed by atoms with Crippen molar-refractivity contribution in [1.29, 1.82) is 0 Å². The van der Waals surface area contributed by atoms with Gasteiger partial charge in [-0.15, -0.1) is 0 Å². The smallest absolute Gasteiger partial charge is 0.219 e. The molecule has 0 radical (unpaired) electrons. The van der Waals surface area contributed by atoms with Crippen molar-refractivity contribution in [1.82, 2.24) is 4.98 Å². The first-order chi connectivity index (χ1) is 9.78. The van der Waals surface area contributed by atoms with Crippen LogP contribution in [0.15, 0.2) is 36.5 Å². The number of nitrogens with zero attached hydrogens (tertiary/aromatic N) is 1. The molecule has 1 aromatic carbocycles. The van der Waals surface area contributed by atoms with Crippen LogP contribution in [0.5, 0.6) is 17.4 Å². The van der Waals surface area contributed by atoms with Crippen molar-refractivity contribution in [2.45, 2.75) is 11.9 Å². The van der Waals surface area contributed by atoms with Gasteiger partial charge >= 0.3 is 0 Å². The third-order valence-electron chi connectivity index (χ3n) is 2.81. The minimum absolute atomic E-state index is 0.376. The number of pyridine rings is 1. The van der Waals surface area contributed by atoms with E-state index in [-0.39, 0.29) is 0 Å². The molecule has 0 atom stereocenters. The van der Waals surface area contributed by atoms with Crippen LogP contribution < -0.4 is 14.2 Å². The second-order valence-corrected chi connectivity index (χ2v) is 4.64. The monoisotopic (exact) mass is 337 g/mol. The second-order valence-electron chi connectivity index (χ2n) is 4.08. The van der Waals surface area contributed by atoms with Crippen LogP contribution in [0.25, 0.3) is 0 Å². The van der Waals surface area contributed by atoms with E-state index in [2.05, 4.69) is 20.9 Å². The quantitative estimate of drug-likeness (QED) is 0.755. The van der Waals surface area contributed by atoms with Gasteiger partial charge in [0, 0.05) is 11.5 Å². The van der Waals surface area contributed by atoms with Crippen LogP contribution in [0.2, 0.25) is 0 Å². The Morgan fingerprint density at radius 2 is 1.95 bits per heavy atom. The van der Waals surface area contributed by atoms with Gasteiger partial charge in [0.15, 0.2) is 11.5 Å². The van der Waals surface area contributed by atoms with Crippen LogP contribution in [-0.4, -0.2) is 19.2 Å². The topological polar surface area (TPSA) is 40.6 Å². The molecular weight excluding hydrogens is 322 g/mol. The molecule has 0 bridgehead atoms. The maximum Gasteiger partial charge on any atom is 0.219 e. The lowest BCUT2D eigenvalue weighted by Crippen LogP contribution is -2.01. The Balaban J connectivity index is 2.14. The van der Waals surface area contributed by atoms with Gasteiger partial charge in [0.25, 0.3) is 0 Å². The van der Waals surface area contributed by atoms with Crippen molar-refractivity contribution >= 4 is 15.9 Å². The standard InChI is InChI=1S/C15H16BrNO3/c1-18-14-8-11(9-16)5-6-13(14)20-10-12-4-3-7-17-15(12)19-2/h3-8H,9-10H2,1-2H3. The van der Waals surface area contributed by atoms with Crippen LogP contribution >= 0.6 is 15.9 Å². The van der Waals surface area contributed by atoms with Crippen molar-refractivity contribution in [2.24, 2.45) is 0 Å². The molecule has 2 aromatic rings. The number of benzene rings is 1. The van der Waals surface area contributed by atoms with Crippen LogP contribution in [0.3, 0.4) is 0 Å². The Morgan fingerprint density at radius 3 is 2.65 bits per heavy atom. The minimum atomic E-state index is 0.376. The zero-order chi connectivity index (χ0) is 14.4. The van der Waals surface area contributed by atoms with Gasteiger partial charge in [-0.2, -0.15) is 0 Å². The largest absolute Gasteiger partial charge is 0.493 e. The molecule has 2 rings (SSSR count). The Labute approximate surface area is 126 Å². The predicted octanol–water partition coefficient (Wildman–Crippen LogP) is 3.57. The Hall–Kier alpha value is -1.75. The van der Waals surface area contributed by atoms with E-state index in [9.17, 15) is 0 Å². The van der Waals surface area contributed by atoms with E-state index in [4.69, 9.17) is 14.2 Å². The molecule has 0 fully saturated rings. The maximum atomic E-state index is 5.80. The number of methoxy groups -OCH3 is 2. The molecule has 0 saturated carbocycles. The average molecular weight is 338 g/mol. The Bertz CT molecular complexity index is 575. The van der Waals surface area contributed by atoms with Gasteiger partial charge in [-0.05, 0) is 29.8 Å². The summed E-state index contributed by atoms with van der Waals surface area (Å²) in [7, 11) is 3.22. The lowest BCUT2D eigenvalue weighted by Gasteiger charge is -2.12. The molecule has 0 aliphatic rings. The van der Waals surface area contributed by atoms with Crippen LogP contribution in [-0.2, 0) is 11.9 Å². The predicted molar refractivity (Wildman–Crippen MR) is 80.7 cm³/mol. The zero-order valence-electron chi connectivity index (χ0n) is 11.4. The van der Waals surface area contributed by atoms with E-state index in [1.54, 1.807) is 20.4 Å². The van der Waals surface area contributed by atoms with Crippen molar-refractivity contribution in [2.75, 3.05) is 14.2 Å². The summed E-state index contributed by atoms with van der Waals surface area (Å²) in [6, 6.07) is 9.62. The summed E-state index contributed by atoms with van der Waals surface area (Å²) in [6.45, 7) is 0.376. The maximum absolute atomic E-state index is 5.80. The van der Waals surface area contributed by atoms with Crippen molar-refractivity contribution in [3.8, 4) is 17.4 Å². The lowest BCUT2D eigenvalue weighted by atomic mass is 10.2. The fourth-order valence-electron chi connectivity index (χ4n) is 1.79. The summed E-state index contributed by atoms with van der Waals surface area (Å²) < 4.78 is 16.3. The second kappa shape index (κ2) is 7.14. The van der Waals surface area contributed by atoms with E-state index in [0.717, 1.165) is 16.5 Å². The highest BCUT2D eigenvalue weighted by Crippen LogP contribution is 2.30. The number of hydrogen-bond donors (Lipinski definition) is 0. The van der Waals surface area contributed by atoms with Gasteiger partial charge in [-0.3, -0.25) is 0 Å². The molecule has 1 heterocycles. The van der Waals surface area contributed by atoms with Crippen molar-refractivity contribution < 1.29 is 14.2 Å². The van der Waals surface area contributed by atoms with E-state index in [1.165, 1.54) is 0 Å². The lowest BCUT2D eigenvalue weighted by molar-refractivity contribution is 0.276. The molecule has 0 spiro atoms. The number of hydrogen-bond acceptors (Lipinski definition) is 4. The molecule has 0 aliphatic carbocycles. The third kappa shape index (κ3) is 3.42. The number of alkyl halides is 1. The molecule has 106 valence electrons. The number of ether oxygens (including phenoxy) is 3. The van der Waals surface area contributed by atoms with E-state index >= 15 is 0 Å². The zero-order valence-corrected chi connectivity index (χ0v) is 13.0. The summed E-state index contributed by atoms with van der Waals surface area (Å²) in [4.78, 5) is 4.14. The average Bonchev–Trinajstić information content (AvgIpc) is 2.52. The van der Waals surface area contributed by atoms with E-state index < -0.39 is 0 Å². The first-order valence-corrected chi connectivity index (χ1v) is 7.24. The first kappa shape index (κ1) is 14.7. The Kier molecular flexibility index (Phi) is 5.24. The highest BCUT2D eigenvalue weighted by Gasteiger charge is 2.08. The van der Waals surface area contributed by atoms with E-state index in [0.29, 0.717) is 24.0 Å². The normalized spacial score (nSPS) is 10.2. The first-order valence-electron chi connectivity index (χ1n) is 6.12. The number of rotatable bonds is 6. The molecule has 0 unspecified atom stereocenters. The summed E-state index contributed by atoms with van der Waals surface area (Å²) in [5.41, 5.74) is 2.02. The molecule has 0 aliphatic heterocycles. The van der Waals surface area contributed by atoms with Gasteiger partial charge in [0.2, 0.25) is 5.88 Å². The van der Waals surface area contributed by atoms with Gasteiger partial charge < -0.3 is 14.2 Å². The molecule has 4 nitrogen and oxygen atoms in total. The number of aromatic nitrogens is 1.